The third kappa shape index (κ3) is 3.85. The predicted octanol–water partition coefficient (Wildman–Crippen LogP) is 5.69. The van der Waals surface area contributed by atoms with Gasteiger partial charge in [-0.25, -0.2) is 4.98 Å². The summed E-state index contributed by atoms with van der Waals surface area (Å²) < 4.78 is 0. The third-order valence-corrected chi connectivity index (χ3v) is 5.09. The van der Waals surface area contributed by atoms with Crippen LogP contribution in [-0.4, -0.2) is 15.8 Å². The number of rotatable bonds is 4. The smallest absolute Gasteiger partial charge is 0.229 e. The van der Waals surface area contributed by atoms with Crippen molar-refractivity contribution < 1.29 is 4.79 Å². The number of hydrogen-bond acceptors (Lipinski definition) is 5. The van der Waals surface area contributed by atoms with Gasteiger partial charge in [0.1, 0.15) is 5.82 Å². The Hall–Kier alpha value is -2.92. The van der Waals surface area contributed by atoms with Gasteiger partial charge in [0.25, 0.3) is 0 Å². The average Bonchev–Trinajstić information content (AvgIpc) is 2.65. The Bertz CT molecular complexity index is 1030. The second-order valence-corrected chi connectivity index (χ2v) is 7.66. The van der Waals surface area contributed by atoms with Gasteiger partial charge in [-0.1, -0.05) is 36.7 Å². The Balaban J connectivity index is 1.76. The number of nitrogens with one attached hydrogen (secondary N) is 2. The highest BCUT2D eigenvalue weighted by molar-refractivity contribution is 6.30. The van der Waals surface area contributed by atoms with Gasteiger partial charge >= 0.3 is 0 Å². The van der Waals surface area contributed by atoms with Gasteiger partial charge in [0.2, 0.25) is 5.95 Å². The summed E-state index contributed by atoms with van der Waals surface area (Å²) in [7, 11) is 0. The molecule has 1 heterocycles. The largest absolute Gasteiger partial charge is 0.339 e. The molecule has 0 saturated carbocycles. The second-order valence-electron chi connectivity index (χ2n) is 7.23. The van der Waals surface area contributed by atoms with Gasteiger partial charge in [-0.3, -0.25) is 4.79 Å². The molecule has 1 aromatic heterocycles. The number of aromatic nitrogens is 2. The number of para-hydroxylation sites is 1. The normalized spacial score (nSPS) is 15.8. The number of nitrogens with zero attached hydrogens (tertiary/aromatic N) is 2. The molecule has 28 heavy (non-hydrogen) atoms. The summed E-state index contributed by atoms with van der Waals surface area (Å²) in [6, 6.07) is 15.3. The van der Waals surface area contributed by atoms with Gasteiger partial charge in [0.15, 0.2) is 5.78 Å². The number of benzene rings is 2. The molecule has 1 aliphatic carbocycles. The van der Waals surface area contributed by atoms with E-state index in [4.69, 9.17) is 11.6 Å². The van der Waals surface area contributed by atoms with Crippen LogP contribution in [0.2, 0.25) is 5.02 Å². The highest BCUT2D eigenvalue weighted by Crippen LogP contribution is 2.32. The van der Waals surface area contributed by atoms with Crippen molar-refractivity contribution in [2.75, 3.05) is 10.6 Å². The first-order valence-corrected chi connectivity index (χ1v) is 9.67. The van der Waals surface area contributed by atoms with Crippen LogP contribution < -0.4 is 10.6 Å². The summed E-state index contributed by atoms with van der Waals surface area (Å²) in [4.78, 5) is 22.0. The maximum absolute atomic E-state index is 12.7. The lowest BCUT2D eigenvalue weighted by atomic mass is 9.87. The number of halogens is 1. The Morgan fingerprint density at radius 1 is 1.00 bits per heavy atom. The zero-order valence-electron chi connectivity index (χ0n) is 15.8. The number of ketones is 1. The van der Waals surface area contributed by atoms with E-state index in [1.807, 2.05) is 43.3 Å². The van der Waals surface area contributed by atoms with E-state index in [2.05, 4.69) is 27.5 Å². The van der Waals surface area contributed by atoms with Crippen LogP contribution in [0, 0.1) is 12.8 Å². The zero-order chi connectivity index (χ0) is 19.7. The van der Waals surface area contributed by atoms with Crippen LogP contribution in [0.15, 0.2) is 48.5 Å². The summed E-state index contributed by atoms with van der Waals surface area (Å²) >= 11 is 5.97. The van der Waals surface area contributed by atoms with Gasteiger partial charge in [-0.2, -0.15) is 4.98 Å². The van der Waals surface area contributed by atoms with Crippen LogP contribution in [0.3, 0.4) is 0 Å². The average molecular weight is 393 g/mol. The number of Topliss-reactive ketones (excluding diaryl/α,β-unsaturated/α-hetero) is 1. The van der Waals surface area contributed by atoms with Crippen LogP contribution in [0.5, 0.6) is 0 Å². The molecule has 6 heteroatoms. The van der Waals surface area contributed by atoms with E-state index in [0.717, 1.165) is 29.1 Å². The summed E-state index contributed by atoms with van der Waals surface area (Å²) in [5.74, 6) is 1.36. The van der Waals surface area contributed by atoms with Gasteiger partial charge in [0, 0.05) is 22.8 Å². The van der Waals surface area contributed by atoms with Crippen molar-refractivity contribution in [3.8, 4) is 0 Å². The van der Waals surface area contributed by atoms with Crippen LogP contribution in [0.1, 0.15) is 35.0 Å². The summed E-state index contributed by atoms with van der Waals surface area (Å²) in [5, 5.41) is 7.23. The van der Waals surface area contributed by atoms with Crippen molar-refractivity contribution in [3.05, 3.63) is 70.4 Å². The zero-order valence-corrected chi connectivity index (χ0v) is 16.5. The first-order valence-electron chi connectivity index (χ1n) is 9.29. The molecule has 2 N–H and O–H groups in total. The number of fused-ring (bicyclic) bond motifs is 1. The lowest BCUT2D eigenvalue weighted by Crippen LogP contribution is -2.22. The Kier molecular flexibility index (Phi) is 5.01. The minimum atomic E-state index is 0.0860. The van der Waals surface area contributed by atoms with E-state index in [1.54, 1.807) is 12.1 Å². The summed E-state index contributed by atoms with van der Waals surface area (Å²) in [6.07, 6.45) is 1.27. The molecule has 1 unspecified atom stereocenters. The fourth-order valence-electron chi connectivity index (χ4n) is 3.42. The van der Waals surface area contributed by atoms with E-state index < -0.39 is 0 Å². The molecule has 142 valence electrons. The molecule has 0 radical (unpaired) electrons. The fraction of sp³-hybridized carbons (Fsp3) is 0.227. The molecule has 0 aliphatic heterocycles. The predicted molar refractivity (Wildman–Crippen MR) is 113 cm³/mol. The lowest BCUT2D eigenvalue weighted by Gasteiger charge is -2.23. The topological polar surface area (TPSA) is 66.9 Å². The van der Waals surface area contributed by atoms with E-state index in [-0.39, 0.29) is 11.7 Å². The molecule has 0 bridgehead atoms. The molecule has 0 saturated heterocycles. The third-order valence-electron chi connectivity index (χ3n) is 4.84. The lowest BCUT2D eigenvalue weighted by molar-refractivity contribution is 0.0953. The SMILES string of the molecule is Cc1ccccc1Nc1nc(Nc2ccc(Cl)cc2)nc2c1C(=O)CC(C)C2. The van der Waals surface area contributed by atoms with E-state index in [0.29, 0.717) is 28.8 Å². The van der Waals surface area contributed by atoms with Crippen LogP contribution >= 0.6 is 11.6 Å². The number of anilines is 4. The van der Waals surface area contributed by atoms with E-state index in [1.165, 1.54) is 0 Å². The molecular formula is C22H21ClN4O. The fourth-order valence-corrected chi connectivity index (χ4v) is 3.54. The minimum absolute atomic E-state index is 0.0860. The van der Waals surface area contributed by atoms with Gasteiger partial charge < -0.3 is 10.6 Å². The van der Waals surface area contributed by atoms with Crippen molar-refractivity contribution >= 4 is 40.5 Å². The number of carbonyl (C=O) groups is 1. The van der Waals surface area contributed by atoms with Crippen molar-refractivity contribution in [2.24, 2.45) is 5.92 Å². The maximum Gasteiger partial charge on any atom is 0.229 e. The highest BCUT2D eigenvalue weighted by atomic mass is 35.5. The van der Waals surface area contributed by atoms with Gasteiger partial charge in [-0.15, -0.1) is 0 Å². The van der Waals surface area contributed by atoms with Crippen LogP contribution in [0.25, 0.3) is 0 Å². The van der Waals surface area contributed by atoms with Crippen LogP contribution in [-0.2, 0) is 6.42 Å². The maximum atomic E-state index is 12.7. The minimum Gasteiger partial charge on any atom is -0.339 e. The summed E-state index contributed by atoms with van der Waals surface area (Å²) in [6.45, 7) is 4.09. The monoisotopic (exact) mass is 392 g/mol. The van der Waals surface area contributed by atoms with E-state index >= 15 is 0 Å². The van der Waals surface area contributed by atoms with Crippen molar-refractivity contribution in [2.45, 2.75) is 26.7 Å². The van der Waals surface area contributed by atoms with Crippen molar-refractivity contribution in [1.29, 1.82) is 0 Å². The Morgan fingerprint density at radius 3 is 2.50 bits per heavy atom. The molecule has 5 nitrogen and oxygen atoms in total. The molecule has 0 spiro atoms. The quantitative estimate of drug-likeness (QED) is 0.596. The first-order chi connectivity index (χ1) is 13.5. The van der Waals surface area contributed by atoms with E-state index in [9.17, 15) is 4.79 Å². The van der Waals surface area contributed by atoms with Gasteiger partial charge in [-0.05, 0) is 55.2 Å². The van der Waals surface area contributed by atoms with Crippen molar-refractivity contribution in [1.82, 2.24) is 9.97 Å². The number of aryl methyl sites for hydroxylation is 1. The standard InChI is InChI=1S/C22H21ClN4O/c1-13-11-18-20(19(28)12-13)21(25-17-6-4-3-5-14(17)2)27-22(26-18)24-16-9-7-15(23)8-10-16/h3-10,13H,11-12H2,1-2H3,(H2,24,25,26,27). The van der Waals surface area contributed by atoms with Crippen LogP contribution in [0.4, 0.5) is 23.1 Å². The Labute approximate surface area is 169 Å². The molecular weight excluding hydrogens is 372 g/mol. The summed E-state index contributed by atoms with van der Waals surface area (Å²) in [5.41, 5.74) is 4.22. The Morgan fingerprint density at radius 2 is 1.75 bits per heavy atom. The molecule has 2 aromatic carbocycles. The molecule has 4 rings (SSSR count). The number of hydrogen-bond donors (Lipinski definition) is 2. The molecule has 1 atom stereocenters. The first kappa shape index (κ1) is 18.4. The molecule has 3 aromatic rings. The second kappa shape index (κ2) is 7.60. The number of carbonyl (C=O) groups excluding carboxylic acids is 1. The van der Waals surface area contributed by atoms with Crippen molar-refractivity contribution in [3.63, 3.8) is 0 Å². The highest BCUT2D eigenvalue weighted by Gasteiger charge is 2.28. The van der Waals surface area contributed by atoms with Gasteiger partial charge in [0.05, 0.1) is 11.3 Å². The molecule has 0 amide bonds. The molecule has 0 fully saturated rings. The molecule has 1 aliphatic rings.